The zero-order chi connectivity index (χ0) is 12.5. The highest BCUT2D eigenvalue weighted by Crippen LogP contribution is 2.30. The standard InChI is InChI=1S/C14H17BrN2O/c15-13-2-1-10-7-12(8-11(10)9-13)14(18)17-5-3-16-4-6-17/h1-2,9,12,16H,3-8H2. The first-order chi connectivity index (χ1) is 8.74. The molecule has 0 saturated carbocycles. The van der Waals surface area contributed by atoms with Crippen molar-refractivity contribution in [2.75, 3.05) is 26.2 Å². The van der Waals surface area contributed by atoms with Crippen LogP contribution in [0.15, 0.2) is 22.7 Å². The Kier molecular flexibility index (Phi) is 3.39. The second-order valence-electron chi connectivity index (χ2n) is 5.09. The number of amides is 1. The molecule has 1 aromatic rings. The number of nitrogens with one attached hydrogen (secondary N) is 1. The molecule has 0 bridgehead atoms. The lowest BCUT2D eigenvalue weighted by atomic mass is 10.0. The van der Waals surface area contributed by atoms with Crippen LogP contribution in [0, 0.1) is 5.92 Å². The minimum absolute atomic E-state index is 0.160. The maximum absolute atomic E-state index is 12.4. The molecule has 0 radical (unpaired) electrons. The summed E-state index contributed by atoms with van der Waals surface area (Å²) >= 11 is 3.49. The number of piperazine rings is 1. The molecular formula is C14H17BrN2O. The van der Waals surface area contributed by atoms with Gasteiger partial charge in [0.1, 0.15) is 0 Å². The molecular weight excluding hydrogens is 292 g/mol. The van der Waals surface area contributed by atoms with Crippen LogP contribution in [0.5, 0.6) is 0 Å². The van der Waals surface area contributed by atoms with Crippen molar-refractivity contribution in [1.29, 1.82) is 0 Å². The summed E-state index contributed by atoms with van der Waals surface area (Å²) in [6, 6.07) is 6.36. The molecule has 1 heterocycles. The number of halogens is 1. The normalized spacial score (nSPS) is 22.9. The number of rotatable bonds is 1. The number of nitrogens with zero attached hydrogens (tertiary/aromatic N) is 1. The molecule has 3 nitrogen and oxygen atoms in total. The molecule has 2 aliphatic rings. The Morgan fingerprint density at radius 3 is 2.72 bits per heavy atom. The molecule has 0 spiro atoms. The molecule has 3 rings (SSSR count). The number of fused-ring (bicyclic) bond motifs is 1. The van der Waals surface area contributed by atoms with Crippen molar-refractivity contribution >= 4 is 21.8 Å². The van der Waals surface area contributed by atoms with E-state index in [1.807, 2.05) is 4.90 Å². The average molecular weight is 309 g/mol. The Hall–Kier alpha value is -0.870. The van der Waals surface area contributed by atoms with E-state index < -0.39 is 0 Å². The van der Waals surface area contributed by atoms with E-state index in [1.54, 1.807) is 0 Å². The molecule has 0 aromatic heterocycles. The summed E-state index contributed by atoms with van der Waals surface area (Å²) in [4.78, 5) is 14.5. The molecule has 1 saturated heterocycles. The molecule has 1 atom stereocenters. The molecule has 4 heteroatoms. The summed E-state index contributed by atoms with van der Waals surface area (Å²) < 4.78 is 1.11. The zero-order valence-corrected chi connectivity index (χ0v) is 11.9. The third-order valence-corrected chi connectivity index (χ3v) is 4.37. The van der Waals surface area contributed by atoms with E-state index in [2.05, 4.69) is 39.4 Å². The number of hydrogen-bond donors (Lipinski definition) is 1. The third kappa shape index (κ3) is 2.31. The summed E-state index contributed by atoms with van der Waals surface area (Å²) in [5.74, 6) is 0.497. The largest absolute Gasteiger partial charge is 0.340 e. The van der Waals surface area contributed by atoms with Gasteiger partial charge >= 0.3 is 0 Å². The fraction of sp³-hybridized carbons (Fsp3) is 0.500. The summed E-state index contributed by atoms with van der Waals surface area (Å²) in [5.41, 5.74) is 2.67. The molecule has 1 fully saturated rings. The zero-order valence-electron chi connectivity index (χ0n) is 10.3. The number of carbonyl (C=O) groups is 1. The van der Waals surface area contributed by atoms with Gasteiger partial charge in [-0.05, 0) is 36.1 Å². The van der Waals surface area contributed by atoms with Crippen LogP contribution in [0.3, 0.4) is 0 Å². The van der Waals surface area contributed by atoms with Gasteiger partial charge in [-0.1, -0.05) is 22.0 Å². The fourth-order valence-electron chi connectivity index (χ4n) is 2.90. The lowest BCUT2D eigenvalue weighted by molar-refractivity contribution is -0.135. The predicted octanol–water partition coefficient (Wildman–Crippen LogP) is 1.60. The molecule has 96 valence electrons. The first-order valence-corrected chi connectivity index (χ1v) is 7.30. The number of carbonyl (C=O) groups excluding carboxylic acids is 1. The minimum Gasteiger partial charge on any atom is -0.340 e. The second kappa shape index (κ2) is 5.02. The van der Waals surface area contributed by atoms with Crippen LogP contribution in [0.2, 0.25) is 0 Å². The Balaban J connectivity index is 1.71. The maximum Gasteiger partial charge on any atom is 0.226 e. The Morgan fingerprint density at radius 2 is 1.94 bits per heavy atom. The second-order valence-corrected chi connectivity index (χ2v) is 6.01. The number of hydrogen-bond acceptors (Lipinski definition) is 2. The molecule has 18 heavy (non-hydrogen) atoms. The van der Waals surface area contributed by atoms with Gasteiger partial charge in [0.2, 0.25) is 5.91 Å². The quantitative estimate of drug-likeness (QED) is 0.854. The van der Waals surface area contributed by atoms with Crippen LogP contribution >= 0.6 is 15.9 Å². The van der Waals surface area contributed by atoms with Crippen molar-refractivity contribution in [3.63, 3.8) is 0 Å². The lowest BCUT2D eigenvalue weighted by Gasteiger charge is -2.29. The van der Waals surface area contributed by atoms with Gasteiger partial charge in [-0.3, -0.25) is 4.79 Å². The van der Waals surface area contributed by atoms with Gasteiger partial charge in [0.15, 0.2) is 0 Å². The van der Waals surface area contributed by atoms with Gasteiger partial charge in [0, 0.05) is 36.6 Å². The lowest BCUT2D eigenvalue weighted by Crippen LogP contribution is -2.48. The van der Waals surface area contributed by atoms with Crippen LogP contribution in [-0.4, -0.2) is 37.0 Å². The Labute approximate surface area is 116 Å². The van der Waals surface area contributed by atoms with Crippen molar-refractivity contribution in [2.45, 2.75) is 12.8 Å². The molecule has 1 aliphatic carbocycles. The first-order valence-electron chi connectivity index (χ1n) is 6.51. The van der Waals surface area contributed by atoms with Crippen LogP contribution in [0.4, 0.5) is 0 Å². The minimum atomic E-state index is 0.160. The monoisotopic (exact) mass is 308 g/mol. The van der Waals surface area contributed by atoms with Crippen LogP contribution in [0.25, 0.3) is 0 Å². The Morgan fingerprint density at radius 1 is 1.22 bits per heavy atom. The number of benzene rings is 1. The molecule has 1 aliphatic heterocycles. The predicted molar refractivity (Wildman–Crippen MR) is 74.5 cm³/mol. The summed E-state index contributed by atoms with van der Waals surface area (Å²) in [7, 11) is 0. The fourth-order valence-corrected chi connectivity index (χ4v) is 3.31. The molecule has 1 aromatic carbocycles. The SMILES string of the molecule is O=C(C1Cc2ccc(Br)cc2C1)N1CCNCC1. The van der Waals surface area contributed by atoms with Crippen LogP contribution in [0.1, 0.15) is 11.1 Å². The highest BCUT2D eigenvalue weighted by atomic mass is 79.9. The van der Waals surface area contributed by atoms with Gasteiger partial charge in [0.05, 0.1) is 0 Å². The van der Waals surface area contributed by atoms with Crippen molar-refractivity contribution in [3.8, 4) is 0 Å². The summed E-state index contributed by atoms with van der Waals surface area (Å²) in [6.07, 6.45) is 1.81. The van der Waals surface area contributed by atoms with Crippen LogP contribution in [-0.2, 0) is 17.6 Å². The molecule has 1 amide bonds. The maximum atomic E-state index is 12.4. The van der Waals surface area contributed by atoms with E-state index in [0.717, 1.165) is 43.5 Å². The van der Waals surface area contributed by atoms with Gasteiger partial charge in [-0.2, -0.15) is 0 Å². The summed E-state index contributed by atoms with van der Waals surface area (Å²) in [5, 5.41) is 3.28. The van der Waals surface area contributed by atoms with E-state index in [0.29, 0.717) is 5.91 Å². The molecule has 1 unspecified atom stereocenters. The topological polar surface area (TPSA) is 32.3 Å². The van der Waals surface area contributed by atoms with Crippen molar-refractivity contribution in [3.05, 3.63) is 33.8 Å². The van der Waals surface area contributed by atoms with E-state index in [4.69, 9.17) is 0 Å². The van der Waals surface area contributed by atoms with E-state index >= 15 is 0 Å². The highest BCUT2D eigenvalue weighted by molar-refractivity contribution is 9.10. The summed E-state index contributed by atoms with van der Waals surface area (Å²) in [6.45, 7) is 3.57. The van der Waals surface area contributed by atoms with Crippen LogP contribution < -0.4 is 5.32 Å². The average Bonchev–Trinajstić information content (AvgIpc) is 2.81. The van der Waals surface area contributed by atoms with Gasteiger partial charge in [-0.25, -0.2) is 0 Å². The highest BCUT2D eigenvalue weighted by Gasteiger charge is 2.31. The van der Waals surface area contributed by atoms with E-state index in [9.17, 15) is 4.79 Å². The van der Waals surface area contributed by atoms with Crippen molar-refractivity contribution in [2.24, 2.45) is 5.92 Å². The van der Waals surface area contributed by atoms with Gasteiger partial charge in [0.25, 0.3) is 0 Å². The first kappa shape index (κ1) is 12.2. The van der Waals surface area contributed by atoms with Crippen molar-refractivity contribution < 1.29 is 4.79 Å². The van der Waals surface area contributed by atoms with Crippen molar-refractivity contribution in [1.82, 2.24) is 10.2 Å². The van der Waals surface area contributed by atoms with Gasteiger partial charge in [-0.15, -0.1) is 0 Å². The molecule has 1 N–H and O–H groups in total. The van der Waals surface area contributed by atoms with E-state index in [-0.39, 0.29) is 5.92 Å². The Bertz CT molecular complexity index is 469. The van der Waals surface area contributed by atoms with Gasteiger partial charge < -0.3 is 10.2 Å². The smallest absolute Gasteiger partial charge is 0.226 e. The van der Waals surface area contributed by atoms with E-state index in [1.165, 1.54) is 11.1 Å². The third-order valence-electron chi connectivity index (χ3n) is 3.88.